The average Bonchev–Trinajstić information content (AvgIpc) is 3.32. The number of aryl methyl sites for hydroxylation is 2. The van der Waals surface area contributed by atoms with Crippen LogP contribution in [0.2, 0.25) is 0 Å². The van der Waals surface area contributed by atoms with E-state index in [4.69, 9.17) is 4.52 Å². The second-order valence-corrected chi connectivity index (χ2v) is 6.70. The van der Waals surface area contributed by atoms with E-state index >= 15 is 0 Å². The van der Waals surface area contributed by atoms with Crippen LogP contribution in [0.3, 0.4) is 0 Å². The molecule has 1 aliphatic rings. The Morgan fingerprint density at radius 2 is 2.04 bits per heavy atom. The molecule has 1 fully saturated rings. The van der Waals surface area contributed by atoms with Gasteiger partial charge in [-0.25, -0.2) is 9.67 Å². The Morgan fingerprint density at radius 3 is 2.80 bits per heavy atom. The Morgan fingerprint density at radius 1 is 1.20 bits per heavy atom. The third kappa shape index (κ3) is 3.49. The highest BCUT2D eigenvalue weighted by Crippen LogP contribution is 2.24. The molecule has 3 aromatic rings. The zero-order chi connectivity index (χ0) is 17.2. The van der Waals surface area contributed by atoms with E-state index in [1.165, 1.54) is 12.8 Å². The lowest BCUT2D eigenvalue weighted by atomic mass is 10.1. The first-order valence-corrected chi connectivity index (χ1v) is 8.82. The number of nitrogens with zero attached hydrogens (tertiary/aromatic N) is 5. The van der Waals surface area contributed by atoms with Gasteiger partial charge in [0.15, 0.2) is 5.76 Å². The minimum atomic E-state index is 0.463. The summed E-state index contributed by atoms with van der Waals surface area (Å²) >= 11 is 0. The molecule has 1 atom stereocenters. The molecule has 0 unspecified atom stereocenters. The van der Waals surface area contributed by atoms with Crippen molar-refractivity contribution in [2.45, 2.75) is 45.8 Å². The van der Waals surface area contributed by atoms with E-state index in [2.05, 4.69) is 38.3 Å². The minimum absolute atomic E-state index is 0.463. The molecule has 6 heteroatoms. The van der Waals surface area contributed by atoms with Crippen molar-refractivity contribution in [1.82, 2.24) is 24.8 Å². The molecular formula is C19H23N5O. The van der Waals surface area contributed by atoms with E-state index in [0.29, 0.717) is 6.04 Å². The second-order valence-electron chi connectivity index (χ2n) is 6.70. The van der Waals surface area contributed by atoms with Crippen LogP contribution in [0.1, 0.15) is 30.3 Å². The van der Waals surface area contributed by atoms with Crippen molar-refractivity contribution in [1.29, 1.82) is 0 Å². The highest BCUT2D eigenvalue weighted by atomic mass is 16.5. The zero-order valence-corrected chi connectivity index (χ0v) is 14.7. The van der Waals surface area contributed by atoms with Gasteiger partial charge in [0, 0.05) is 17.7 Å². The Hall–Kier alpha value is -2.47. The van der Waals surface area contributed by atoms with Gasteiger partial charge in [-0.15, -0.1) is 0 Å². The number of aromatic nitrogens is 4. The van der Waals surface area contributed by atoms with Crippen LogP contribution in [-0.2, 0) is 13.1 Å². The molecule has 4 rings (SSSR count). The van der Waals surface area contributed by atoms with E-state index < -0.39 is 0 Å². The Balaban J connectivity index is 1.45. The van der Waals surface area contributed by atoms with Crippen molar-refractivity contribution in [3.8, 4) is 11.3 Å². The van der Waals surface area contributed by atoms with Crippen LogP contribution >= 0.6 is 0 Å². The molecule has 1 aromatic carbocycles. The van der Waals surface area contributed by atoms with Crippen LogP contribution in [-0.4, -0.2) is 37.4 Å². The summed E-state index contributed by atoms with van der Waals surface area (Å²) in [5, 5.41) is 8.73. The third-order valence-electron chi connectivity index (χ3n) is 4.83. The summed E-state index contributed by atoms with van der Waals surface area (Å²) in [4.78, 5) is 6.87. The van der Waals surface area contributed by atoms with Gasteiger partial charge in [0.05, 0.1) is 13.1 Å². The highest BCUT2D eigenvalue weighted by molar-refractivity contribution is 5.58. The maximum Gasteiger partial charge on any atom is 0.151 e. The Labute approximate surface area is 147 Å². The van der Waals surface area contributed by atoms with E-state index in [9.17, 15) is 0 Å². The van der Waals surface area contributed by atoms with Crippen molar-refractivity contribution < 1.29 is 4.52 Å². The van der Waals surface area contributed by atoms with Gasteiger partial charge in [0.1, 0.15) is 17.3 Å². The fourth-order valence-corrected chi connectivity index (χ4v) is 3.58. The lowest BCUT2D eigenvalue weighted by Crippen LogP contribution is -2.33. The number of rotatable bonds is 5. The molecule has 0 amide bonds. The highest BCUT2D eigenvalue weighted by Gasteiger charge is 2.27. The standard InChI is InChI=1S/C19H23N5O/c1-14-20-15(2)24(21-14)12-17-9-6-10-23(17)13-18-11-19(22-25-18)16-7-4-3-5-8-16/h3-5,7-8,11,17H,6,9-10,12-13H2,1-2H3/t17-/m1/s1. The summed E-state index contributed by atoms with van der Waals surface area (Å²) in [5.41, 5.74) is 1.98. The number of hydrogen-bond donors (Lipinski definition) is 0. The fraction of sp³-hybridized carbons (Fsp3) is 0.421. The van der Waals surface area contributed by atoms with Gasteiger partial charge in [-0.1, -0.05) is 35.5 Å². The topological polar surface area (TPSA) is 60.0 Å². The SMILES string of the molecule is Cc1nc(C)n(C[C@H]2CCCN2Cc2cc(-c3ccccc3)no2)n1. The van der Waals surface area contributed by atoms with Gasteiger partial charge in [-0.3, -0.25) is 4.90 Å². The molecule has 3 heterocycles. The van der Waals surface area contributed by atoms with Crippen molar-refractivity contribution in [3.05, 3.63) is 53.8 Å². The first-order chi connectivity index (χ1) is 12.2. The Kier molecular flexibility index (Phi) is 4.36. The predicted molar refractivity (Wildman–Crippen MR) is 94.9 cm³/mol. The van der Waals surface area contributed by atoms with E-state index in [1.54, 1.807) is 0 Å². The third-order valence-corrected chi connectivity index (χ3v) is 4.83. The molecule has 1 aliphatic heterocycles. The number of hydrogen-bond acceptors (Lipinski definition) is 5. The monoisotopic (exact) mass is 337 g/mol. The summed E-state index contributed by atoms with van der Waals surface area (Å²) < 4.78 is 7.60. The smallest absolute Gasteiger partial charge is 0.151 e. The number of benzene rings is 1. The van der Waals surface area contributed by atoms with Gasteiger partial charge in [0.25, 0.3) is 0 Å². The molecule has 0 N–H and O–H groups in total. The van der Waals surface area contributed by atoms with Crippen molar-refractivity contribution in [2.75, 3.05) is 6.54 Å². The molecule has 130 valence electrons. The zero-order valence-electron chi connectivity index (χ0n) is 14.7. The largest absolute Gasteiger partial charge is 0.359 e. The lowest BCUT2D eigenvalue weighted by molar-refractivity contribution is 0.194. The molecule has 0 aliphatic carbocycles. The molecular weight excluding hydrogens is 314 g/mol. The fourth-order valence-electron chi connectivity index (χ4n) is 3.58. The first-order valence-electron chi connectivity index (χ1n) is 8.82. The summed E-state index contributed by atoms with van der Waals surface area (Å²) in [7, 11) is 0. The Bertz CT molecular complexity index is 839. The second kappa shape index (κ2) is 6.80. The lowest BCUT2D eigenvalue weighted by Gasteiger charge is -2.23. The number of likely N-dealkylation sites (tertiary alicyclic amines) is 1. The maximum absolute atomic E-state index is 5.58. The van der Waals surface area contributed by atoms with Gasteiger partial charge >= 0.3 is 0 Å². The van der Waals surface area contributed by atoms with Crippen LogP contribution in [0.5, 0.6) is 0 Å². The van der Waals surface area contributed by atoms with Gasteiger partial charge in [-0.05, 0) is 33.2 Å². The van der Waals surface area contributed by atoms with Crippen molar-refractivity contribution >= 4 is 0 Å². The first kappa shape index (κ1) is 16.0. The van der Waals surface area contributed by atoms with Crippen molar-refractivity contribution in [2.24, 2.45) is 0 Å². The van der Waals surface area contributed by atoms with Crippen LogP contribution in [0.15, 0.2) is 40.9 Å². The van der Waals surface area contributed by atoms with Gasteiger partial charge < -0.3 is 4.52 Å². The molecule has 2 aromatic heterocycles. The van der Waals surface area contributed by atoms with Crippen LogP contribution in [0.4, 0.5) is 0 Å². The molecule has 6 nitrogen and oxygen atoms in total. The quantitative estimate of drug-likeness (QED) is 0.715. The molecule has 1 saturated heterocycles. The van der Waals surface area contributed by atoms with Crippen LogP contribution in [0, 0.1) is 13.8 Å². The molecule has 0 saturated carbocycles. The minimum Gasteiger partial charge on any atom is -0.359 e. The average molecular weight is 337 g/mol. The molecule has 0 radical (unpaired) electrons. The van der Waals surface area contributed by atoms with E-state index in [1.807, 2.05) is 36.7 Å². The van der Waals surface area contributed by atoms with Gasteiger partial charge in [0.2, 0.25) is 0 Å². The van der Waals surface area contributed by atoms with E-state index in [0.717, 1.165) is 48.3 Å². The summed E-state index contributed by atoms with van der Waals surface area (Å²) in [6.45, 7) is 6.71. The summed E-state index contributed by atoms with van der Waals surface area (Å²) in [5.74, 6) is 2.73. The predicted octanol–water partition coefficient (Wildman–Crippen LogP) is 3.21. The van der Waals surface area contributed by atoms with E-state index in [-0.39, 0.29) is 0 Å². The van der Waals surface area contributed by atoms with Crippen LogP contribution in [0.25, 0.3) is 11.3 Å². The van der Waals surface area contributed by atoms with Crippen LogP contribution < -0.4 is 0 Å². The summed E-state index contributed by atoms with van der Waals surface area (Å²) in [6.07, 6.45) is 2.38. The molecule has 25 heavy (non-hydrogen) atoms. The van der Waals surface area contributed by atoms with Gasteiger partial charge in [-0.2, -0.15) is 5.10 Å². The maximum atomic E-state index is 5.58. The van der Waals surface area contributed by atoms with Crippen molar-refractivity contribution in [3.63, 3.8) is 0 Å². The molecule has 0 bridgehead atoms. The normalized spacial score (nSPS) is 18.1. The molecule has 0 spiro atoms. The summed E-state index contributed by atoms with van der Waals surface area (Å²) in [6, 6.07) is 12.7.